The lowest BCUT2D eigenvalue weighted by atomic mass is 10.3. The number of anilines is 1. The summed E-state index contributed by atoms with van der Waals surface area (Å²) in [6.45, 7) is 4.31. The number of carbonyl (C=O) groups is 2. The molecular formula is C17H23N5O3S. The van der Waals surface area contributed by atoms with E-state index in [9.17, 15) is 9.59 Å². The molecule has 0 aliphatic heterocycles. The van der Waals surface area contributed by atoms with Gasteiger partial charge in [-0.25, -0.2) is 0 Å². The minimum Gasteiger partial charge on any atom is -0.494 e. The third-order valence-electron chi connectivity index (χ3n) is 3.60. The smallest absolute Gasteiger partial charge is 0.237 e. The molecule has 9 heteroatoms. The lowest BCUT2D eigenvalue weighted by Crippen LogP contribution is -2.22. The zero-order valence-corrected chi connectivity index (χ0v) is 15.9. The van der Waals surface area contributed by atoms with E-state index in [4.69, 9.17) is 10.5 Å². The highest BCUT2D eigenvalue weighted by Gasteiger charge is 2.19. The zero-order valence-electron chi connectivity index (χ0n) is 15.1. The van der Waals surface area contributed by atoms with Crippen LogP contribution in [0.4, 0.5) is 5.69 Å². The number of amides is 2. The molecule has 2 aromatic rings. The molecule has 140 valence electrons. The van der Waals surface area contributed by atoms with Crippen LogP contribution in [0.2, 0.25) is 0 Å². The number of nitrogens with one attached hydrogen (secondary N) is 1. The maximum Gasteiger partial charge on any atom is 0.237 e. The first-order valence-corrected chi connectivity index (χ1v) is 9.15. The van der Waals surface area contributed by atoms with Gasteiger partial charge in [0.2, 0.25) is 11.8 Å². The average molecular weight is 377 g/mol. The highest BCUT2D eigenvalue weighted by atomic mass is 32.2. The van der Waals surface area contributed by atoms with Gasteiger partial charge in [-0.1, -0.05) is 11.8 Å². The summed E-state index contributed by atoms with van der Waals surface area (Å²) in [5.74, 6) is 0.895. The first-order valence-electron chi connectivity index (χ1n) is 8.27. The minimum atomic E-state index is -0.384. The molecule has 0 spiro atoms. The van der Waals surface area contributed by atoms with E-state index in [0.29, 0.717) is 29.7 Å². The second kappa shape index (κ2) is 9.23. The number of primary amides is 1. The molecule has 26 heavy (non-hydrogen) atoms. The molecule has 0 fully saturated rings. The second-order valence-electron chi connectivity index (χ2n) is 5.63. The molecule has 8 nitrogen and oxygen atoms in total. The Morgan fingerprint density at radius 3 is 2.62 bits per heavy atom. The van der Waals surface area contributed by atoms with Crippen molar-refractivity contribution in [2.75, 3.05) is 11.9 Å². The molecule has 1 aromatic carbocycles. The number of carbonyl (C=O) groups excluding carboxylic acids is 2. The van der Waals surface area contributed by atoms with Gasteiger partial charge in [0.05, 0.1) is 11.9 Å². The largest absolute Gasteiger partial charge is 0.494 e. The van der Waals surface area contributed by atoms with Gasteiger partial charge in [0.1, 0.15) is 11.6 Å². The molecule has 1 heterocycles. The molecule has 2 amide bonds. The van der Waals surface area contributed by atoms with Crippen molar-refractivity contribution < 1.29 is 14.3 Å². The van der Waals surface area contributed by atoms with Gasteiger partial charge in [-0.15, -0.1) is 10.2 Å². The van der Waals surface area contributed by atoms with Gasteiger partial charge in [0.15, 0.2) is 5.16 Å². The van der Waals surface area contributed by atoms with Gasteiger partial charge in [-0.2, -0.15) is 0 Å². The molecule has 0 saturated heterocycles. The Labute approximate surface area is 156 Å². The Morgan fingerprint density at radius 1 is 1.31 bits per heavy atom. The number of rotatable bonds is 9. The molecule has 1 aromatic heterocycles. The number of ether oxygens (including phenoxy) is 1. The van der Waals surface area contributed by atoms with Crippen molar-refractivity contribution in [1.82, 2.24) is 14.8 Å². The van der Waals surface area contributed by atoms with Crippen LogP contribution in [0.5, 0.6) is 5.75 Å². The van der Waals surface area contributed by atoms with Crippen LogP contribution in [0.25, 0.3) is 0 Å². The maximum atomic E-state index is 12.4. The fourth-order valence-corrected chi connectivity index (χ4v) is 2.99. The molecule has 0 unspecified atom stereocenters. The number of aromatic nitrogens is 3. The Morgan fingerprint density at radius 2 is 2.00 bits per heavy atom. The lowest BCUT2D eigenvalue weighted by Gasteiger charge is -2.12. The summed E-state index contributed by atoms with van der Waals surface area (Å²) in [6, 6.07) is 7.21. The van der Waals surface area contributed by atoms with E-state index < -0.39 is 0 Å². The molecule has 0 aliphatic rings. The minimum absolute atomic E-state index is 0.138. The van der Waals surface area contributed by atoms with Crippen LogP contribution < -0.4 is 15.8 Å². The second-order valence-corrected chi connectivity index (χ2v) is 6.94. The number of nitrogens with two attached hydrogens (primary N) is 1. The molecule has 0 aliphatic carbocycles. The summed E-state index contributed by atoms with van der Waals surface area (Å²) < 4.78 is 7.15. The Kier molecular flexibility index (Phi) is 7.02. The van der Waals surface area contributed by atoms with Gasteiger partial charge in [-0.3, -0.25) is 9.59 Å². The van der Waals surface area contributed by atoms with E-state index in [2.05, 4.69) is 15.5 Å². The first-order chi connectivity index (χ1) is 12.4. The first kappa shape index (κ1) is 19.8. The summed E-state index contributed by atoms with van der Waals surface area (Å²) >= 11 is 1.30. The summed E-state index contributed by atoms with van der Waals surface area (Å²) in [5.41, 5.74) is 5.85. The quantitative estimate of drug-likeness (QED) is 0.644. The van der Waals surface area contributed by atoms with Gasteiger partial charge in [-0.05, 0) is 38.1 Å². The summed E-state index contributed by atoms with van der Waals surface area (Å²) in [6.07, 6.45) is 0.635. The molecular weight excluding hydrogens is 354 g/mol. The topological polar surface area (TPSA) is 112 Å². The van der Waals surface area contributed by atoms with Gasteiger partial charge in [0.25, 0.3) is 0 Å². The van der Waals surface area contributed by atoms with E-state index in [-0.39, 0.29) is 23.5 Å². The predicted octanol–water partition coefficient (Wildman–Crippen LogP) is 1.75. The molecule has 2 rings (SSSR count). The SMILES string of the molecule is CCOc1ccc(NC(=O)[C@@H](C)Sc2nnc(CCC(N)=O)n2C)cc1. The van der Waals surface area contributed by atoms with E-state index in [0.717, 1.165) is 5.75 Å². The molecule has 0 radical (unpaired) electrons. The van der Waals surface area contributed by atoms with Crippen molar-refractivity contribution in [3.05, 3.63) is 30.1 Å². The molecule has 0 saturated carbocycles. The molecule has 0 bridgehead atoms. The summed E-state index contributed by atoms with van der Waals surface area (Å²) in [5, 5.41) is 11.2. The maximum absolute atomic E-state index is 12.4. The highest BCUT2D eigenvalue weighted by Crippen LogP contribution is 2.23. The van der Waals surface area contributed by atoms with Gasteiger partial charge in [0, 0.05) is 25.6 Å². The van der Waals surface area contributed by atoms with Crippen LogP contribution >= 0.6 is 11.8 Å². The van der Waals surface area contributed by atoms with E-state index in [1.807, 2.05) is 19.1 Å². The molecule has 3 N–H and O–H groups in total. The van der Waals surface area contributed by atoms with Crippen LogP contribution in [0.3, 0.4) is 0 Å². The number of thioether (sulfide) groups is 1. The zero-order chi connectivity index (χ0) is 19.1. The summed E-state index contributed by atoms with van der Waals surface area (Å²) in [7, 11) is 1.80. The third-order valence-corrected chi connectivity index (χ3v) is 4.74. The summed E-state index contributed by atoms with van der Waals surface area (Å²) in [4.78, 5) is 23.3. The number of benzene rings is 1. The van der Waals surface area contributed by atoms with Crippen LogP contribution in [-0.2, 0) is 23.1 Å². The van der Waals surface area contributed by atoms with Crippen molar-refractivity contribution in [2.45, 2.75) is 37.1 Å². The Bertz CT molecular complexity index is 760. The van der Waals surface area contributed by atoms with E-state index in [1.54, 1.807) is 30.7 Å². The van der Waals surface area contributed by atoms with Crippen molar-refractivity contribution >= 4 is 29.3 Å². The fourth-order valence-electron chi connectivity index (χ4n) is 2.16. The van der Waals surface area contributed by atoms with E-state index >= 15 is 0 Å². The van der Waals surface area contributed by atoms with Crippen LogP contribution in [0.15, 0.2) is 29.4 Å². The number of aryl methyl sites for hydroxylation is 1. The van der Waals surface area contributed by atoms with Crippen LogP contribution in [0.1, 0.15) is 26.1 Å². The highest BCUT2D eigenvalue weighted by molar-refractivity contribution is 8.00. The van der Waals surface area contributed by atoms with Crippen molar-refractivity contribution in [2.24, 2.45) is 12.8 Å². The van der Waals surface area contributed by atoms with Crippen LogP contribution in [-0.4, -0.2) is 38.4 Å². The lowest BCUT2D eigenvalue weighted by molar-refractivity contribution is -0.118. The predicted molar refractivity (Wildman–Crippen MR) is 100 cm³/mol. The monoisotopic (exact) mass is 377 g/mol. The van der Waals surface area contributed by atoms with Crippen molar-refractivity contribution in [3.63, 3.8) is 0 Å². The normalized spacial score (nSPS) is 11.8. The van der Waals surface area contributed by atoms with E-state index in [1.165, 1.54) is 11.8 Å². The number of hydrogen-bond acceptors (Lipinski definition) is 6. The van der Waals surface area contributed by atoms with Crippen LogP contribution in [0, 0.1) is 0 Å². The Balaban J connectivity index is 1.93. The van der Waals surface area contributed by atoms with Gasteiger partial charge < -0.3 is 20.4 Å². The molecule has 1 atom stereocenters. The standard InChI is InChI=1S/C17H23N5O3S/c1-4-25-13-7-5-12(6-8-13)19-16(24)11(2)26-17-21-20-15(22(17)3)10-9-14(18)23/h5-8,11H,4,9-10H2,1-3H3,(H2,18,23)(H,19,24)/t11-/m1/s1. The van der Waals surface area contributed by atoms with Crippen molar-refractivity contribution in [3.8, 4) is 5.75 Å². The number of nitrogens with zero attached hydrogens (tertiary/aromatic N) is 3. The van der Waals surface area contributed by atoms with Gasteiger partial charge >= 0.3 is 0 Å². The number of hydrogen-bond donors (Lipinski definition) is 2. The third kappa shape index (κ3) is 5.48. The fraction of sp³-hybridized carbons (Fsp3) is 0.412. The Hall–Kier alpha value is -2.55. The van der Waals surface area contributed by atoms with Crippen molar-refractivity contribution in [1.29, 1.82) is 0 Å². The average Bonchev–Trinajstić information content (AvgIpc) is 2.95.